The molecule has 0 aliphatic heterocycles. The monoisotopic (exact) mass is 424 g/mol. The summed E-state index contributed by atoms with van der Waals surface area (Å²) in [6.07, 6.45) is 0. The van der Waals surface area contributed by atoms with E-state index >= 15 is 0 Å². The highest BCUT2D eigenvalue weighted by Gasteiger charge is 2.22. The fraction of sp³-hybridized carbons (Fsp3) is 0.167. The third-order valence-corrected chi connectivity index (χ3v) is 5.21. The summed E-state index contributed by atoms with van der Waals surface area (Å²) in [7, 11) is 0. The van der Waals surface area contributed by atoms with Crippen LogP contribution in [-0.4, -0.2) is 15.5 Å². The van der Waals surface area contributed by atoms with Crippen molar-refractivity contribution in [1.29, 1.82) is 0 Å². The first-order valence-electron chi connectivity index (χ1n) is 9.44. The van der Waals surface area contributed by atoms with Gasteiger partial charge in [0.05, 0.1) is 11.0 Å². The van der Waals surface area contributed by atoms with Gasteiger partial charge < -0.3 is 0 Å². The molecule has 0 saturated heterocycles. The normalized spacial score (nSPS) is 11.8. The molecule has 1 heterocycles. The lowest BCUT2D eigenvalue weighted by Crippen LogP contribution is -2.15. The zero-order valence-electron chi connectivity index (χ0n) is 16.7. The summed E-state index contributed by atoms with van der Waals surface area (Å²) in [5.74, 6) is -2.18. The van der Waals surface area contributed by atoms with Crippen molar-refractivity contribution in [3.8, 4) is 11.4 Å². The molecule has 3 aromatic carbocycles. The van der Waals surface area contributed by atoms with Gasteiger partial charge in [0.1, 0.15) is 5.82 Å². The molecule has 152 valence electrons. The van der Waals surface area contributed by atoms with Crippen LogP contribution >= 0.6 is 11.6 Å². The molecule has 0 aliphatic rings. The van der Waals surface area contributed by atoms with Crippen LogP contribution in [-0.2, 0) is 5.41 Å². The van der Waals surface area contributed by atoms with Crippen LogP contribution in [0.3, 0.4) is 0 Å². The summed E-state index contributed by atoms with van der Waals surface area (Å²) in [5, 5.41) is 0.488. The van der Waals surface area contributed by atoms with Crippen LogP contribution in [0.25, 0.3) is 22.4 Å². The average molecular weight is 425 g/mol. The van der Waals surface area contributed by atoms with E-state index in [-0.39, 0.29) is 11.0 Å². The molecule has 0 aliphatic carbocycles. The number of halogens is 3. The smallest absolute Gasteiger partial charge is 0.264 e. The van der Waals surface area contributed by atoms with Gasteiger partial charge in [-0.3, -0.25) is 9.36 Å². The quantitative estimate of drug-likeness (QED) is 0.362. The van der Waals surface area contributed by atoms with Gasteiger partial charge in [-0.2, -0.15) is 0 Å². The Kier molecular flexibility index (Phi) is 4.94. The summed E-state index contributed by atoms with van der Waals surface area (Å²) in [5.41, 5.74) is 2.82. The van der Waals surface area contributed by atoms with Crippen molar-refractivity contribution >= 4 is 28.5 Å². The van der Waals surface area contributed by atoms with E-state index in [2.05, 4.69) is 25.8 Å². The zero-order valence-corrected chi connectivity index (χ0v) is 17.5. The number of carbonyl (C=O) groups is 1. The second-order valence-electron chi connectivity index (χ2n) is 8.17. The van der Waals surface area contributed by atoms with Crippen LogP contribution in [0, 0.1) is 11.6 Å². The molecule has 0 atom stereocenters. The number of carbonyl (C=O) groups excluding carboxylic acids is 1. The third kappa shape index (κ3) is 3.61. The van der Waals surface area contributed by atoms with Crippen molar-refractivity contribution in [2.75, 3.05) is 0 Å². The number of hydrogen-bond donors (Lipinski definition) is 0. The van der Waals surface area contributed by atoms with Crippen LogP contribution < -0.4 is 0 Å². The number of nitrogens with zero attached hydrogens (tertiary/aromatic N) is 2. The van der Waals surface area contributed by atoms with Gasteiger partial charge in [-0.25, -0.2) is 13.8 Å². The fourth-order valence-corrected chi connectivity index (χ4v) is 3.50. The van der Waals surface area contributed by atoms with E-state index in [9.17, 15) is 13.6 Å². The molecule has 0 N–H and O–H groups in total. The Morgan fingerprint density at radius 1 is 0.967 bits per heavy atom. The average Bonchev–Trinajstić information content (AvgIpc) is 3.07. The van der Waals surface area contributed by atoms with Gasteiger partial charge in [-0.05, 0) is 53.4 Å². The van der Waals surface area contributed by atoms with E-state index in [4.69, 9.17) is 11.6 Å². The van der Waals surface area contributed by atoms with Gasteiger partial charge in [-0.15, -0.1) is 0 Å². The van der Waals surface area contributed by atoms with Crippen LogP contribution in [0.1, 0.15) is 36.7 Å². The van der Waals surface area contributed by atoms with Gasteiger partial charge in [-0.1, -0.05) is 50.6 Å². The van der Waals surface area contributed by atoms with Crippen molar-refractivity contribution < 1.29 is 13.6 Å². The molecule has 0 amide bonds. The van der Waals surface area contributed by atoms with Gasteiger partial charge >= 0.3 is 0 Å². The maximum Gasteiger partial charge on any atom is 0.264 e. The molecule has 0 fully saturated rings. The lowest BCUT2D eigenvalue weighted by molar-refractivity contribution is 0.0965. The van der Waals surface area contributed by atoms with Crippen molar-refractivity contribution in [3.63, 3.8) is 0 Å². The van der Waals surface area contributed by atoms with Crippen LogP contribution in [0.5, 0.6) is 0 Å². The largest absolute Gasteiger partial charge is 0.268 e. The Morgan fingerprint density at radius 3 is 2.43 bits per heavy atom. The molecular formula is C24H19ClF2N2O. The summed E-state index contributed by atoms with van der Waals surface area (Å²) in [6.45, 7) is 6.30. The first-order chi connectivity index (χ1) is 14.1. The number of fused-ring (bicyclic) bond motifs is 1. The highest BCUT2D eigenvalue weighted by atomic mass is 35.5. The van der Waals surface area contributed by atoms with Crippen LogP contribution in [0.2, 0.25) is 5.02 Å². The molecule has 0 bridgehead atoms. The summed E-state index contributed by atoms with van der Waals surface area (Å²) >= 11 is 6.12. The Labute approximate surface area is 177 Å². The van der Waals surface area contributed by atoms with Gasteiger partial charge in [0.15, 0.2) is 11.6 Å². The first kappa shape index (κ1) is 20.2. The summed E-state index contributed by atoms with van der Waals surface area (Å²) in [6, 6.07) is 15.9. The van der Waals surface area contributed by atoms with Crippen molar-refractivity contribution in [2.45, 2.75) is 26.2 Å². The van der Waals surface area contributed by atoms with E-state index in [1.54, 1.807) is 18.2 Å². The standard InChI is InChI=1S/C24H19ClF2N2O/c1-24(2,3)16-6-4-5-14(11-16)22-28-20-13-17(25)8-10-21(20)29(22)23(30)15-7-9-18(26)19(27)12-15/h4-13H,1-3H3. The van der Waals surface area contributed by atoms with E-state index in [0.29, 0.717) is 21.9 Å². The second kappa shape index (κ2) is 7.33. The van der Waals surface area contributed by atoms with Crippen molar-refractivity contribution in [1.82, 2.24) is 9.55 Å². The van der Waals surface area contributed by atoms with E-state index in [1.165, 1.54) is 10.6 Å². The lowest BCUT2D eigenvalue weighted by Gasteiger charge is -2.19. The van der Waals surface area contributed by atoms with Gasteiger partial charge in [0, 0.05) is 16.1 Å². The molecule has 4 rings (SSSR count). The molecule has 1 aromatic heterocycles. The molecule has 30 heavy (non-hydrogen) atoms. The van der Waals surface area contributed by atoms with Crippen molar-refractivity contribution in [2.24, 2.45) is 0 Å². The lowest BCUT2D eigenvalue weighted by atomic mass is 9.86. The minimum Gasteiger partial charge on any atom is -0.268 e. The number of hydrogen-bond acceptors (Lipinski definition) is 2. The van der Waals surface area contributed by atoms with Crippen LogP contribution in [0.15, 0.2) is 60.7 Å². The number of imidazole rings is 1. The second-order valence-corrected chi connectivity index (χ2v) is 8.61. The molecule has 0 spiro atoms. The molecular weight excluding hydrogens is 406 g/mol. The summed E-state index contributed by atoms with van der Waals surface area (Å²) < 4.78 is 28.6. The first-order valence-corrected chi connectivity index (χ1v) is 9.81. The predicted molar refractivity (Wildman–Crippen MR) is 115 cm³/mol. The fourth-order valence-electron chi connectivity index (χ4n) is 3.34. The minimum atomic E-state index is -1.08. The Balaban J connectivity index is 1.97. The zero-order chi connectivity index (χ0) is 21.6. The molecule has 4 aromatic rings. The topological polar surface area (TPSA) is 34.9 Å². The van der Waals surface area contributed by atoms with Crippen molar-refractivity contribution in [3.05, 3.63) is 88.4 Å². The minimum absolute atomic E-state index is 0.0244. The summed E-state index contributed by atoms with van der Waals surface area (Å²) in [4.78, 5) is 18.0. The van der Waals surface area contributed by atoms with Gasteiger partial charge in [0.2, 0.25) is 0 Å². The molecule has 3 nitrogen and oxygen atoms in total. The highest BCUT2D eigenvalue weighted by Crippen LogP contribution is 2.31. The Morgan fingerprint density at radius 2 is 1.73 bits per heavy atom. The molecule has 6 heteroatoms. The maximum absolute atomic E-state index is 13.8. The number of benzene rings is 3. The number of rotatable bonds is 2. The number of aromatic nitrogens is 2. The van der Waals surface area contributed by atoms with E-state index in [1.807, 2.05) is 24.3 Å². The van der Waals surface area contributed by atoms with E-state index in [0.717, 1.165) is 23.3 Å². The predicted octanol–water partition coefficient (Wildman–Crippen LogP) is 6.62. The maximum atomic E-state index is 13.8. The van der Waals surface area contributed by atoms with Crippen LogP contribution in [0.4, 0.5) is 8.78 Å². The SMILES string of the molecule is CC(C)(C)c1cccc(-c2nc3cc(Cl)ccc3n2C(=O)c2ccc(F)c(F)c2)c1. The molecule has 0 radical (unpaired) electrons. The van der Waals surface area contributed by atoms with Gasteiger partial charge in [0.25, 0.3) is 5.91 Å². The molecule has 0 unspecified atom stereocenters. The third-order valence-electron chi connectivity index (χ3n) is 4.97. The Bertz CT molecular complexity index is 1290. The Hall–Kier alpha value is -3.05. The highest BCUT2D eigenvalue weighted by molar-refractivity contribution is 6.31. The van der Waals surface area contributed by atoms with E-state index < -0.39 is 17.5 Å². The molecule has 0 saturated carbocycles.